The van der Waals surface area contributed by atoms with Crippen LogP contribution < -0.4 is 15.0 Å². The minimum atomic E-state index is -0.0849. The molecule has 0 atom stereocenters. The van der Waals surface area contributed by atoms with E-state index in [1.165, 1.54) is 0 Å². The summed E-state index contributed by atoms with van der Waals surface area (Å²) in [6.07, 6.45) is 4.13. The lowest BCUT2D eigenvalue weighted by atomic mass is 9.96. The summed E-state index contributed by atoms with van der Waals surface area (Å²) in [4.78, 5) is 20.0. The number of ether oxygens (including phenoxy) is 2. The quantitative estimate of drug-likeness (QED) is 0.501. The van der Waals surface area contributed by atoms with Gasteiger partial charge in [0.05, 0.1) is 14.2 Å². The zero-order valence-corrected chi connectivity index (χ0v) is 17.9. The molecular weight excluding hydrogens is 411 g/mol. The van der Waals surface area contributed by atoms with E-state index in [-0.39, 0.29) is 30.4 Å². The van der Waals surface area contributed by atoms with Gasteiger partial charge in [0.25, 0.3) is 5.56 Å². The van der Waals surface area contributed by atoms with E-state index in [0.29, 0.717) is 23.5 Å². The molecule has 5 nitrogen and oxygen atoms in total. The van der Waals surface area contributed by atoms with Crippen molar-refractivity contribution in [3.63, 3.8) is 0 Å². The normalized spacial score (nSPS) is 10.3. The molecular formula is C22H22Cl2N2O3. The molecule has 152 valence electrons. The number of methoxy groups -OCH3 is 2. The van der Waals surface area contributed by atoms with E-state index in [2.05, 4.69) is 9.97 Å². The van der Waals surface area contributed by atoms with Crippen molar-refractivity contribution in [2.24, 2.45) is 0 Å². The number of halogens is 2. The van der Waals surface area contributed by atoms with Gasteiger partial charge in [-0.15, -0.1) is 24.8 Å². The molecule has 0 unspecified atom stereocenters. The molecule has 2 aromatic carbocycles. The van der Waals surface area contributed by atoms with E-state index in [1.54, 1.807) is 20.4 Å². The van der Waals surface area contributed by atoms with Gasteiger partial charge >= 0.3 is 0 Å². The fourth-order valence-electron chi connectivity index (χ4n) is 3.58. The molecule has 0 amide bonds. The molecule has 0 fully saturated rings. The molecule has 0 aliphatic carbocycles. The fraction of sp³-hybridized carbons (Fsp3) is 0.182. The highest BCUT2D eigenvalue weighted by Gasteiger charge is 2.15. The highest BCUT2D eigenvalue weighted by atomic mass is 35.5. The number of hydrogen-bond acceptors (Lipinski definition) is 4. The maximum Gasteiger partial charge on any atom is 0.252 e. The highest BCUT2D eigenvalue weighted by molar-refractivity contribution is 5.91. The van der Waals surface area contributed by atoms with Crippen LogP contribution in [0.25, 0.3) is 21.5 Å². The molecule has 2 aromatic heterocycles. The Morgan fingerprint density at radius 2 is 1.66 bits per heavy atom. The van der Waals surface area contributed by atoms with Crippen LogP contribution in [0.2, 0.25) is 0 Å². The summed E-state index contributed by atoms with van der Waals surface area (Å²) in [5, 5.41) is 3.98. The van der Waals surface area contributed by atoms with Gasteiger partial charge in [-0.25, -0.2) is 0 Å². The Bertz CT molecular complexity index is 1220. The minimum absolute atomic E-state index is 0. The third-order valence-corrected chi connectivity index (χ3v) is 4.97. The lowest BCUT2D eigenvalue weighted by Gasteiger charge is -2.14. The number of nitrogens with zero attached hydrogens (tertiary/aromatic N) is 1. The van der Waals surface area contributed by atoms with Crippen molar-refractivity contribution in [1.82, 2.24) is 9.97 Å². The average molecular weight is 433 g/mol. The summed E-state index contributed by atoms with van der Waals surface area (Å²) in [6, 6.07) is 11.9. The molecule has 7 heteroatoms. The van der Waals surface area contributed by atoms with Crippen LogP contribution in [-0.2, 0) is 6.42 Å². The van der Waals surface area contributed by atoms with E-state index in [4.69, 9.17) is 9.47 Å². The summed E-state index contributed by atoms with van der Waals surface area (Å²) in [5.74, 6) is 1.25. The number of aromatic nitrogens is 2. The molecule has 29 heavy (non-hydrogen) atoms. The number of hydrogen-bond donors (Lipinski definition) is 1. The number of aromatic amines is 1. The predicted octanol–water partition coefficient (Wildman–Crippen LogP) is 4.84. The van der Waals surface area contributed by atoms with Crippen LogP contribution in [0, 0.1) is 6.92 Å². The van der Waals surface area contributed by atoms with Gasteiger partial charge in [-0.3, -0.25) is 9.78 Å². The fourth-order valence-corrected chi connectivity index (χ4v) is 3.58. The number of pyridine rings is 2. The third-order valence-electron chi connectivity index (χ3n) is 4.97. The van der Waals surface area contributed by atoms with Crippen molar-refractivity contribution < 1.29 is 9.47 Å². The first-order chi connectivity index (χ1) is 13.1. The van der Waals surface area contributed by atoms with Crippen LogP contribution in [0.1, 0.15) is 16.8 Å². The lowest BCUT2D eigenvalue weighted by molar-refractivity contribution is 0.356. The maximum atomic E-state index is 12.8. The average Bonchev–Trinajstić information content (AvgIpc) is 2.70. The second-order valence-electron chi connectivity index (χ2n) is 6.50. The van der Waals surface area contributed by atoms with Crippen molar-refractivity contribution in [2.75, 3.05) is 14.2 Å². The van der Waals surface area contributed by atoms with Crippen LogP contribution in [0.4, 0.5) is 0 Å². The van der Waals surface area contributed by atoms with Gasteiger partial charge in [-0.2, -0.15) is 0 Å². The molecule has 0 bridgehead atoms. The minimum Gasteiger partial charge on any atom is -0.493 e. The van der Waals surface area contributed by atoms with Crippen molar-refractivity contribution in [3.05, 3.63) is 76.0 Å². The first kappa shape index (κ1) is 22.5. The molecule has 0 aliphatic rings. The van der Waals surface area contributed by atoms with Gasteiger partial charge in [-0.05, 0) is 41.5 Å². The number of nitrogens with one attached hydrogen (secondary N) is 1. The predicted molar refractivity (Wildman–Crippen MR) is 121 cm³/mol. The first-order valence-corrected chi connectivity index (χ1v) is 8.71. The SMILES string of the molecule is COc1cc2c(C)[nH]c(=O)c(Cc3cccc4cnccc34)c2cc1OC.Cl.Cl. The zero-order valence-electron chi connectivity index (χ0n) is 16.3. The Labute approximate surface area is 180 Å². The lowest BCUT2D eigenvalue weighted by Crippen LogP contribution is -2.15. The second kappa shape index (κ2) is 9.16. The van der Waals surface area contributed by atoms with Crippen LogP contribution in [0.15, 0.2) is 53.6 Å². The summed E-state index contributed by atoms with van der Waals surface area (Å²) >= 11 is 0. The summed E-state index contributed by atoms with van der Waals surface area (Å²) in [7, 11) is 3.21. The van der Waals surface area contributed by atoms with Crippen LogP contribution in [0.3, 0.4) is 0 Å². The number of H-pyrrole nitrogens is 1. The largest absolute Gasteiger partial charge is 0.493 e. The Balaban J connectivity index is 0.00000150. The molecule has 2 heterocycles. The monoisotopic (exact) mass is 432 g/mol. The third kappa shape index (κ3) is 4.02. The number of rotatable bonds is 4. The summed E-state index contributed by atoms with van der Waals surface area (Å²) < 4.78 is 10.9. The standard InChI is InChI=1S/C22H20N2O3.2ClH/c1-13-17-10-20(26-2)21(27-3)11-18(17)19(22(25)24-13)9-14-5-4-6-15-12-23-8-7-16(14)15;;/h4-8,10-12H,9H2,1-3H3,(H,24,25);2*1H. The molecule has 0 radical (unpaired) electrons. The Morgan fingerprint density at radius 3 is 2.34 bits per heavy atom. The molecule has 0 spiro atoms. The van der Waals surface area contributed by atoms with Crippen molar-refractivity contribution in [3.8, 4) is 11.5 Å². The molecule has 4 aromatic rings. The van der Waals surface area contributed by atoms with Gasteiger partial charge in [0, 0.05) is 40.8 Å². The van der Waals surface area contributed by atoms with Crippen LogP contribution in [0.5, 0.6) is 11.5 Å². The molecule has 1 N–H and O–H groups in total. The Hall–Kier alpha value is -2.76. The van der Waals surface area contributed by atoms with Gasteiger partial charge in [0.1, 0.15) is 0 Å². The van der Waals surface area contributed by atoms with Crippen LogP contribution in [-0.4, -0.2) is 24.2 Å². The zero-order chi connectivity index (χ0) is 19.0. The summed E-state index contributed by atoms with van der Waals surface area (Å²) in [6.45, 7) is 1.89. The number of aryl methyl sites for hydroxylation is 1. The van der Waals surface area contributed by atoms with Crippen molar-refractivity contribution in [1.29, 1.82) is 0 Å². The van der Waals surface area contributed by atoms with E-state index < -0.39 is 0 Å². The van der Waals surface area contributed by atoms with Crippen molar-refractivity contribution >= 4 is 46.4 Å². The molecule has 0 aliphatic heterocycles. The van der Waals surface area contributed by atoms with Gasteiger partial charge in [0.2, 0.25) is 0 Å². The van der Waals surface area contributed by atoms with Gasteiger partial charge < -0.3 is 14.5 Å². The van der Waals surface area contributed by atoms with E-state index in [0.717, 1.165) is 32.8 Å². The Morgan fingerprint density at radius 1 is 0.966 bits per heavy atom. The van der Waals surface area contributed by atoms with Gasteiger partial charge in [0.15, 0.2) is 11.5 Å². The van der Waals surface area contributed by atoms with E-state index in [1.807, 2.05) is 49.5 Å². The van der Waals surface area contributed by atoms with Gasteiger partial charge in [-0.1, -0.05) is 18.2 Å². The molecule has 0 saturated heterocycles. The number of fused-ring (bicyclic) bond motifs is 2. The van der Waals surface area contributed by atoms with Crippen molar-refractivity contribution in [2.45, 2.75) is 13.3 Å². The number of benzene rings is 2. The molecule has 0 saturated carbocycles. The maximum absolute atomic E-state index is 12.8. The molecule has 4 rings (SSSR count). The highest BCUT2D eigenvalue weighted by Crippen LogP contribution is 2.34. The second-order valence-corrected chi connectivity index (χ2v) is 6.50. The Kier molecular flexibility index (Phi) is 7.11. The van der Waals surface area contributed by atoms with E-state index >= 15 is 0 Å². The first-order valence-electron chi connectivity index (χ1n) is 8.71. The topological polar surface area (TPSA) is 64.2 Å². The van der Waals surface area contributed by atoms with E-state index in [9.17, 15) is 4.79 Å². The summed E-state index contributed by atoms with van der Waals surface area (Å²) in [5.41, 5.74) is 2.52. The smallest absolute Gasteiger partial charge is 0.252 e. The van der Waals surface area contributed by atoms with Crippen LogP contribution >= 0.6 is 24.8 Å².